The predicted octanol–water partition coefficient (Wildman–Crippen LogP) is 14.7. The van der Waals surface area contributed by atoms with Gasteiger partial charge < -0.3 is 47.7 Å². The van der Waals surface area contributed by atoms with Crippen molar-refractivity contribution in [2.24, 2.45) is 5.11 Å². The topological polar surface area (TPSA) is 169 Å². The second-order valence-corrected chi connectivity index (χ2v) is 22.1. The first-order valence-corrected chi connectivity index (χ1v) is 30.6. The molecule has 1 N–H and O–H groups in total. The lowest BCUT2D eigenvalue weighted by atomic mass is 9.83. The first kappa shape index (κ1) is 63.8. The number of carbonyl (C=O) groups excluding carboxylic acids is 1. The number of ether oxygens (including phenoxy) is 9. The van der Waals surface area contributed by atoms with E-state index in [-0.39, 0.29) is 52.7 Å². The molecule has 14 nitrogen and oxygen atoms in total. The molecule has 1 saturated heterocycles. The van der Waals surface area contributed by atoms with Gasteiger partial charge in [0, 0.05) is 11.3 Å². The van der Waals surface area contributed by atoms with Crippen LogP contribution in [-0.4, -0.2) is 85.0 Å². The molecule has 0 spiro atoms. The summed E-state index contributed by atoms with van der Waals surface area (Å²) < 4.78 is 61.7. The van der Waals surface area contributed by atoms with Crippen LogP contribution in [0, 0.1) is 0 Å². The number of hydrogen-bond acceptors (Lipinski definition) is 12. The number of hydrogen-bond donors (Lipinski definition) is 1. The van der Waals surface area contributed by atoms with Gasteiger partial charge in [-0.1, -0.05) is 271 Å². The average molecular weight is 1150 g/mol. The summed E-state index contributed by atoms with van der Waals surface area (Å²) in [6, 6.07) is 57.2. The summed E-state index contributed by atoms with van der Waals surface area (Å²) in [5, 5.41) is 17.6. The Morgan fingerprint density at radius 2 is 0.798 bits per heavy atom. The van der Waals surface area contributed by atoms with Crippen LogP contribution in [0.2, 0.25) is 0 Å². The van der Waals surface area contributed by atoms with E-state index in [4.69, 9.17) is 42.6 Å². The molecule has 11 atom stereocenters. The monoisotopic (exact) mass is 1150 g/mol. The lowest BCUT2D eigenvalue weighted by molar-refractivity contribution is -0.336. The maximum atomic E-state index is 14.3. The highest BCUT2D eigenvalue weighted by Gasteiger charge is 2.58. The van der Waals surface area contributed by atoms with E-state index >= 15 is 0 Å². The Morgan fingerprint density at radius 1 is 0.452 bits per heavy atom. The molecule has 0 aromatic heterocycles. The molecule has 84 heavy (non-hydrogen) atoms. The predicted molar refractivity (Wildman–Crippen MR) is 324 cm³/mol. The Labute approximate surface area is 497 Å². The number of carbonyl (C=O) groups is 1. The van der Waals surface area contributed by atoms with E-state index in [9.17, 15) is 15.4 Å². The van der Waals surface area contributed by atoms with Crippen molar-refractivity contribution in [2.75, 3.05) is 6.61 Å². The number of rotatable bonds is 37. The molecule has 5 unspecified atom stereocenters. The van der Waals surface area contributed by atoms with Crippen LogP contribution in [0.15, 0.2) is 187 Å². The Kier molecular flexibility index (Phi) is 27.7. The van der Waals surface area contributed by atoms with E-state index in [1.165, 1.54) is 57.8 Å². The number of esters is 1. The fraction of sp³-hybridized carbons (Fsp3) is 0.471. The highest BCUT2D eigenvalue weighted by atomic mass is 16.7. The Hall–Kier alpha value is -6.26. The van der Waals surface area contributed by atoms with Gasteiger partial charge in [0.15, 0.2) is 12.4 Å². The molecule has 6 aromatic rings. The van der Waals surface area contributed by atoms with Gasteiger partial charge >= 0.3 is 5.97 Å². The van der Waals surface area contributed by atoms with Gasteiger partial charge in [-0.05, 0) is 45.3 Å². The molecule has 2 aliphatic rings. The zero-order chi connectivity index (χ0) is 58.2. The van der Waals surface area contributed by atoms with Crippen LogP contribution >= 0.6 is 0 Å². The molecule has 8 rings (SSSR count). The Balaban J connectivity index is 1.12. The molecular formula is C70H87N3O11. The molecule has 1 saturated carbocycles. The van der Waals surface area contributed by atoms with Crippen molar-refractivity contribution in [3.8, 4) is 0 Å². The number of benzene rings is 6. The zero-order valence-electron chi connectivity index (χ0n) is 48.9. The molecule has 448 valence electrons. The fourth-order valence-corrected chi connectivity index (χ4v) is 11.1. The first-order chi connectivity index (χ1) is 41.5. The van der Waals surface area contributed by atoms with Crippen molar-refractivity contribution in [1.82, 2.24) is 0 Å². The van der Waals surface area contributed by atoms with Gasteiger partial charge in [0.25, 0.3) is 0 Å². The zero-order valence-corrected chi connectivity index (χ0v) is 48.9. The summed E-state index contributed by atoms with van der Waals surface area (Å²) >= 11 is 0. The van der Waals surface area contributed by atoms with Gasteiger partial charge in [0.05, 0.1) is 46.2 Å². The van der Waals surface area contributed by atoms with Crippen LogP contribution in [0.1, 0.15) is 130 Å². The van der Waals surface area contributed by atoms with Crippen LogP contribution in [0.3, 0.4) is 0 Å². The molecule has 6 aromatic carbocycles. The summed E-state index contributed by atoms with van der Waals surface area (Å²) in [6.07, 6.45) is 3.68. The third kappa shape index (κ3) is 20.8. The largest absolute Gasteiger partial charge is 0.457 e. The van der Waals surface area contributed by atoms with Gasteiger partial charge in [-0.25, -0.2) is 0 Å². The van der Waals surface area contributed by atoms with Gasteiger partial charge in [-0.3, -0.25) is 4.79 Å². The summed E-state index contributed by atoms with van der Waals surface area (Å²) in [4.78, 5) is 17.7. The van der Waals surface area contributed by atoms with Gasteiger partial charge in [0.1, 0.15) is 54.9 Å². The SMILES string of the molecule is CCCCCCCCCCCCCCCC(=O)O[C@@H]1C(OCc2ccccc2)C(OCc2ccccc2)[C@H](OCc2ccccc2)[C@@H](O[C@@H]2OC(COCc3ccccc3)[C@H](OCc3ccccc3)[C@H](OCc3ccccc3)C2N=[N+]=[N-])C1O. The van der Waals surface area contributed by atoms with Crippen molar-refractivity contribution in [1.29, 1.82) is 0 Å². The molecule has 0 radical (unpaired) electrons. The molecule has 1 heterocycles. The number of nitrogens with zero attached hydrogens (tertiary/aromatic N) is 3. The van der Waals surface area contributed by atoms with Crippen LogP contribution in [-0.2, 0) is 87.1 Å². The highest BCUT2D eigenvalue weighted by Crippen LogP contribution is 2.38. The van der Waals surface area contributed by atoms with Crippen molar-refractivity contribution >= 4 is 5.97 Å². The number of unbranched alkanes of at least 4 members (excludes halogenated alkanes) is 12. The maximum absolute atomic E-state index is 14.3. The molecule has 14 heteroatoms. The standard InChI is InChI=1S/C70H87N3O11/c1-2-3-4-5-6-7-8-9-10-11-12-13-32-45-60(74)83-65-62(75)66(68(80-50-57-41-28-18-29-42-57)69(81-51-58-43-30-19-31-44-58)67(65)79-49-56-39-26-17-27-40-56)84-70-61(72-73-71)64(78-48-55-37-24-16-25-38-55)63(77-47-54-35-22-15-23-36-54)59(82-70)52-76-46-53-33-20-14-21-34-53/h14-31,33-44,59,61-70,75H,2-13,32,45-52H2,1H3/t59?,61?,62?,63-,64+,65-,66-,67?,68+,69?,70-/m0/s1. The first-order valence-electron chi connectivity index (χ1n) is 30.6. The van der Waals surface area contributed by atoms with Crippen LogP contribution in [0.5, 0.6) is 0 Å². The van der Waals surface area contributed by atoms with Crippen LogP contribution < -0.4 is 0 Å². The van der Waals surface area contributed by atoms with Crippen LogP contribution in [0.25, 0.3) is 10.4 Å². The molecule has 1 aliphatic carbocycles. The minimum atomic E-state index is -1.60. The number of azide groups is 1. The lowest BCUT2D eigenvalue weighted by Gasteiger charge is -2.50. The lowest BCUT2D eigenvalue weighted by Crippen LogP contribution is -2.69. The average Bonchev–Trinajstić information content (AvgIpc) is 2.74. The van der Waals surface area contributed by atoms with Gasteiger partial charge in [-0.15, -0.1) is 0 Å². The minimum Gasteiger partial charge on any atom is -0.457 e. The van der Waals surface area contributed by atoms with Gasteiger partial charge in [0.2, 0.25) is 0 Å². The molecule has 0 amide bonds. The van der Waals surface area contributed by atoms with Crippen molar-refractivity contribution in [3.05, 3.63) is 226 Å². The van der Waals surface area contributed by atoms with E-state index in [0.29, 0.717) is 6.42 Å². The third-order valence-corrected chi connectivity index (χ3v) is 15.6. The second-order valence-electron chi connectivity index (χ2n) is 22.1. The normalized spacial score (nSPS) is 23.1. The second kappa shape index (κ2) is 36.6. The molecule has 0 bridgehead atoms. The van der Waals surface area contributed by atoms with E-state index in [1.807, 2.05) is 182 Å². The molecule has 2 fully saturated rings. The molecular weight excluding hydrogens is 1060 g/mol. The minimum absolute atomic E-state index is 0.0151. The summed E-state index contributed by atoms with van der Waals surface area (Å²) in [7, 11) is 0. The van der Waals surface area contributed by atoms with Gasteiger partial charge in [-0.2, -0.15) is 0 Å². The smallest absolute Gasteiger partial charge is 0.306 e. The summed E-state index contributed by atoms with van der Waals surface area (Å²) in [6.45, 7) is 3.13. The summed E-state index contributed by atoms with van der Waals surface area (Å²) in [5.41, 5.74) is 15.8. The van der Waals surface area contributed by atoms with E-state index in [1.54, 1.807) is 0 Å². The fourth-order valence-electron chi connectivity index (χ4n) is 11.1. The van der Waals surface area contributed by atoms with E-state index < -0.39 is 73.2 Å². The Bertz CT molecular complexity index is 2750. The maximum Gasteiger partial charge on any atom is 0.306 e. The quantitative estimate of drug-likeness (QED) is 0.0129. The third-order valence-electron chi connectivity index (χ3n) is 15.6. The van der Waals surface area contributed by atoms with E-state index in [0.717, 1.165) is 52.6 Å². The Morgan fingerprint density at radius 3 is 1.20 bits per heavy atom. The van der Waals surface area contributed by atoms with Crippen molar-refractivity contribution in [2.45, 2.75) is 204 Å². The summed E-state index contributed by atoms with van der Waals surface area (Å²) in [5.74, 6) is -0.482. The number of aliphatic hydroxyl groups excluding tert-OH is 1. The van der Waals surface area contributed by atoms with Crippen molar-refractivity contribution < 1.29 is 52.5 Å². The molecule has 1 aliphatic heterocycles. The number of aliphatic hydroxyl groups is 1. The van der Waals surface area contributed by atoms with Crippen LogP contribution in [0.4, 0.5) is 0 Å². The highest BCUT2D eigenvalue weighted by molar-refractivity contribution is 5.69. The van der Waals surface area contributed by atoms with Crippen molar-refractivity contribution in [3.63, 3.8) is 0 Å². The van der Waals surface area contributed by atoms with E-state index in [2.05, 4.69) is 16.9 Å².